The Morgan fingerprint density at radius 2 is 2.19 bits per heavy atom. The van der Waals surface area contributed by atoms with Gasteiger partial charge in [-0.25, -0.2) is 0 Å². The number of fused-ring (bicyclic) bond motifs is 1. The van der Waals surface area contributed by atoms with E-state index in [1.54, 1.807) is 18.0 Å². The standard InChI is InChI=1S/C15H16BrN3O2/c1-19(10-4-5-17-8-10)15(21)12-7-14(20)18-13-3-2-9(16)6-11(12)13/h2-3,6-7,10,17H,4-5,8H2,1H3,(H,18,20). The summed E-state index contributed by atoms with van der Waals surface area (Å²) < 4.78 is 0.876. The zero-order valence-corrected chi connectivity index (χ0v) is 13.2. The fraction of sp³-hybridized carbons (Fsp3) is 0.333. The molecular weight excluding hydrogens is 334 g/mol. The van der Waals surface area contributed by atoms with Gasteiger partial charge in [-0.3, -0.25) is 9.59 Å². The monoisotopic (exact) mass is 349 g/mol. The number of aromatic amines is 1. The number of likely N-dealkylation sites (N-methyl/N-ethyl adjacent to an activating group) is 1. The van der Waals surface area contributed by atoms with Crippen LogP contribution in [0.5, 0.6) is 0 Å². The maximum atomic E-state index is 12.7. The summed E-state index contributed by atoms with van der Waals surface area (Å²) in [6.45, 7) is 1.72. The highest BCUT2D eigenvalue weighted by Gasteiger charge is 2.25. The average molecular weight is 350 g/mol. The Bertz CT molecular complexity index is 750. The Morgan fingerprint density at radius 3 is 2.90 bits per heavy atom. The summed E-state index contributed by atoms with van der Waals surface area (Å²) in [5.74, 6) is -0.113. The molecule has 21 heavy (non-hydrogen) atoms. The Kier molecular flexibility index (Phi) is 3.82. The van der Waals surface area contributed by atoms with Gasteiger partial charge < -0.3 is 15.2 Å². The van der Waals surface area contributed by atoms with E-state index in [-0.39, 0.29) is 17.5 Å². The number of pyridine rings is 1. The molecule has 1 saturated heterocycles. The second kappa shape index (κ2) is 5.61. The van der Waals surface area contributed by atoms with Crippen molar-refractivity contribution < 1.29 is 4.79 Å². The summed E-state index contributed by atoms with van der Waals surface area (Å²) in [7, 11) is 1.80. The van der Waals surface area contributed by atoms with E-state index in [2.05, 4.69) is 26.2 Å². The number of halogens is 1. The summed E-state index contributed by atoms with van der Waals surface area (Å²) in [5.41, 5.74) is 0.863. The molecule has 2 heterocycles. The van der Waals surface area contributed by atoms with Crippen LogP contribution in [0.15, 0.2) is 33.5 Å². The summed E-state index contributed by atoms with van der Waals surface area (Å²) in [4.78, 5) is 29.0. The average Bonchev–Trinajstić information content (AvgIpc) is 2.99. The number of rotatable bonds is 2. The van der Waals surface area contributed by atoms with Crippen LogP contribution in [-0.2, 0) is 0 Å². The highest BCUT2D eigenvalue weighted by atomic mass is 79.9. The van der Waals surface area contributed by atoms with E-state index in [9.17, 15) is 9.59 Å². The zero-order valence-electron chi connectivity index (χ0n) is 11.6. The van der Waals surface area contributed by atoms with E-state index in [0.717, 1.165) is 29.4 Å². The first kappa shape index (κ1) is 14.3. The summed E-state index contributed by atoms with van der Waals surface area (Å²) in [6, 6.07) is 7.07. The Labute approximate surface area is 130 Å². The van der Waals surface area contributed by atoms with Crippen molar-refractivity contribution in [2.75, 3.05) is 20.1 Å². The summed E-state index contributed by atoms with van der Waals surface area (Å²) >= 11 is 3.41. The van der Waals surface area contributed by atoms with Crippen LogP contribution in [0.25, 0.3) is 10.9 Å². The molecule has 0 spiro atoms. The minimum absolute atomic E-state index is 0.113. The predicted molar refractivity (Wildman–Crippen MR) is 85.6 cm³/mol. The fourth-order valence-corrected chi connectivity index (χ4v) is 3.09. The SMILES string of the molecule is CN(C(=O)c1cc(=O)[nH]c2ccc(Br)cc12)C1CCNC1. The molecule has 0 bridgehead atoms. The van der Waals surface area contributed by atoms with E-state index in [0.29, 0.717) is 11.1 Å². The third kappa shape index (κ3) is 2.73. The first-order chi connectivity index (χ1) is 10.1. The van der Waals surface area contributed by atoms with Crippen LogP contribution in [0.2, 0.25) is 0 Å². The number of carbonyl (C=O) groups excluding carboxylic acids is 1. The van der Waals surface area contributed by atoms with E-state index in [1.165, 1.54) is 6.07 Å². The van der Waals surface area contributed by atoms with Gasteiger partial charge in [-0.05, 0) is 31.2 Å². The van der Waals surface area contributed by atoms with Gasteiger partial charge in [0, 0.05) is 41.1 Å². The Morgan fingerprint density at radius 1 is 1.38 bits per heavy atom. The molecule has 110 valence electrons. The van der Waals surface area contributed by atoms with Crippen LogP contribution < -0.4 is 10.9 Å². The van der Waals surface area contributed by atoms with Crippen molar-refractivity contribution in [3.8, 4) is 0 Å². The van der Waals surface area contributed by atoms with E-state index in [4.69, 9.17) is 0 Å². The molecule has 1 aromatic carbocycles. The van der Waals surface area contributed by atoms with E-state index in [1.807, 2.05) is 12.1 Å². The van der Waals surface area contributed by atoms with Crippen molar-refractivity contribution in [3.63, 3.8) is 0 Å². The molecule has 0 aliphatic carbocycles. The number of hydrogen-bond acceptors (Lipinski definition) is 3. The molecule has 6 heteroatoms. The van der Waals surface area contributed by atoms with Gasteiger partial charge >= 0.3 is 0 Å². The normalized spacial score (nSPS) is 18.1. The van der Waals surface area contributed by atoms with Crippen LogP contribution in [0.1, 0.15) is 16.8 Å². The number of hydrogen-bond donors (Lipinski definition) is 2. The van der Waals surface area contributed by atoms with Gasteiger partial charge in [-0.1, -0.05) is 15.9 Å². The van der Waals surface area contributed by atoms with Crippen molar-refractivity contribution in [2.45, 2.75) is 12.5 Å². The van der Waals surface area contributed by atoms with Crippen molar-refractivity contribution in [2.24, 2.45) is 0 Å². The topological polar surface area (TPSA) is 65.2 Å². The molecule has 1 atom stereocenters. The minimum Gasteiger partial charge on any atom is -0.337 e. The van der Waals surface area contributed by atoms with Crippen molar-refractivity contribution in [1.82, 2.24) is 15.2 Å². The number of nitrogens with zero attached hydrogens (tertiary/aromatic N) is 1. The Hall–Kier alpha value is -1.66. The van der Waals surface area contributed by atoms with Crippen molar-refractivity contribution >= 4 is 32.7 Å². The zero-order chi connectivity index (χ0) is 15.0. The van der Waals surface area contributed by atoms with Crippen LogP contribution in [0.3, 0.4) is 0 Å². The molecule has 5 nitrogen and oxygen atoms in total. The molecule has 1 aliphatic heterocycles. The molecule has 2 aromatic rings. The molecule has 1 aliphatic rings. The summed E-state index contributed by atoms with van der Waals surface area (Å²) in [6.07, 6.45) is 0.938. The lowest BCUT2D eigenvalue weighted by Gasteiger charge is -2.24. The second-order valence-electron chi connectivity index (χ2n) is 5.30. The number of benzene rings is 1. The summed E-state index contributed by atoms with van der Waals surface area (Å²) in [5, 5.41) is 4.00. The highest BCUT2D eigenvalue weighted by Crippen LogP contribution is 2.22. The maximum Gasteiger partial charge on any atom is 0.254 e. The smallest absolute Gasteiger partial charge is 0.254 e. The minimum atomic E-state index is -0.258. The van der Waals surface area contributed by atoms with Gasteiger partial charge in [0.25, 0.3) is 5.91 Å². The first-order valence-corrected chi connectivity index (χ1v) is 7.66. The lowest BCUT2D eigenvalue weighted by atomic mass is 10.1. The highest BCUT2D eigenvalue weighted by molar-refractivity contribution is 9.10. The molecule has 1 unspecified atom stereocenters. The van der Waals surface area contributed by atoms with Gasteiger partial charge in [0.05, 0.1) is 5.56 Å². The molecule has 0 saturated carbocycles. The van der Waals surface area contributed by atoms with E-state index >= 15 is 0 Å². The molecule has 1 fully saturated rings. The van der Waals surface area contributed by atoms with Gasteiger partial charge in [0.1, 0.15) is 0 Å². The second-order valence-corrected chi connectivity index (χ2v) is 6.22. The Balaban J connectivity index is 2.08. The fourth-order valence-electron chi connectivity index (χ4n) is 2.73. The number of aromatic nitrogens is 1. The lowest BCUT2D eigenvalue weighted by Crippen LogP contribution is -2.38. The molecule has 2 N–H and O–H groups in total. The quantitative estimate of drug-likeness (QED) is 0.867. The largest absolute Gasteiger partial charge is 0.337 e. The van der Waals surface area contributed by atoms with Gasteiger partial charge in [0.15, 0.2) is 0 Å². The van der Waals surface area contributed by atoms with Crippen LogP contribution in [0, 0.1) is 0 Å². The van der Waals surface area contributed by atoms with Crippen LogP contribution in [0.4, 0.5) is 0 Å². The number of H-pyrrole nitrogens is 1. The molecule has 1 amide bonds. The molecule has 3 rings (SSSR count). The number of amides is 1. The van der Waals surface area contributed by atoms with Crippen molar-refractivity contribution in [1.29, 1.82) is 0 Å². The molecule has 1 aromatic heterocycles. The van der Waals surface area contributed by atoms with Gasteiger partial charge in [0.2, 0.25) is 5.56 Å². The van der Waals surface area contributed by atoms with Crippen LogP contribution in [-0.4, -0.2) is 42.0 Å². The third-order valence-corrected chi connectivity index (χ3v) is 4.43. The maximum absolute atomic E-state index is 12.7. The van der Waals surface area contributed by atoms with Gasteiger partial charge in [-0.2, -0.15) is 0 Å². The number of carbonyl (C=O) groups is 1. The number of nitrogens with one attached hydrogen (secondary N) is 2. The van der Waals surface area contributed by atoms with Gasteiger partial charge in [-0.15, -0.1) is 0 Å². The molecule has 0 radical (unpaired) electrons. The van der Waals surface area contributed by atoms with Crippen LogP contribution >= 0.6 is 15.9 Å². The predicted octanol–water partition coefficient (Wildman–Crippen LogP) is 1.72. The lowest BCUT2D eigenvalue weighted by molar-refractivity contribution is 0.0745. The van der Waals surface area contributed by atoms with Crippen molar-refractivity contribution in [3.05, 3.63) is 44.7 Å². The molecular formula is C15H16BrN3O2. The first-order valence-electron chi connectivity index (χ1n) is 6.87. The third-order valence-electron chi connectivity index (χ3n) is 3.94. The van der Waals surface area contributed by atoms with E-state index < -0.39 is 0 Å².